The summed E-state index contributed by atoms with van der Waals surface area (Å²) in [5.41, 5.74) is 1.37. The predicted molar refractivity (Wildman–Crippen MR) is 128 cm³/mol. The average Bonchev–Trinajstić information content (AvgIpc) is 2.84. The van der Waals surface area contributed by atoms with Crippen molar-refractivity contribution in [3.63, 3.8) is 0 Å². The Morgan fingerprint density at radius 1 is 1.14 bits per heavy atom. The van der Waals surface area contributed by atoms with Gasteiger partial charge in [0.2, 0.25) is 0 Å². The Morgan fingerprint density at radius 3 is 2.69 bits per heavy atom. The molecule has 0 saturated carbocycles. The summed E-state index contributed by atoms with van der Waals surface area (Å²) in [6.07, 6.45) is 3.95. The number of likely N-dealkylation sites (tertiary alicyclic amines) is 1. The number of rotatable bonds is 13. The first-order chi connectivity index (χ1) is 16.9. The number of nitro groups is 1. The van der Waals surface area contributed by atoms with E-state index in [1.165, 1.54) is 30.9 Å². The lowest BCUT2D eigenvalue weighted by Gasteiger charge is -2.26. The van der Waals surface area contributed by atoms with Crippen molar-refractivity contribution in [2.45, 2.75) is 38.3 Å². The Kier molecular flexibility index (Phi) is 10.2. The minimum atomic E-state index is -1.18. The number of nitrogens with zero attached hydrogens (tertiary/aromatic N) is 2. The zero-order valence-corrected chi connectivity index (χ0v) is 19.6. The zero-order valence-electron chi connectivity index (χ0n) is 19.6. The lowest BCUT2D eigenvalue weighted by atomic mass is 10.1. The minimum absolute atomic E-state index is 0.0974. The summed E-state index contributed by atoms with van der Waals surface area (Å²) in [4.78, 5) is 12.8. The molecule has 1 saturated heterocycles. The van der Waals surface area contributed by atoms with E-state index in [4.69, 9.17) is 4.74 Å². The van der Waals surface area contributed by atoms with Crippen LogP contribution in [-0.2, 0) is 6.54 Å². The first kappa shape index (κ1) is 26.4. The maximum absolute atomic E-state index is 13.4. The molecular formula is C25H32F2N4O4. The van der Waals surface area contributed by atoms with E-state index < -0.39 is 22.7 Å². The van der Waals surface area contributed by atoms with Crippen LogP contribution in [0, 0.1) is 21.7 Å². The largest absolute Gasteiger partial charge is 0.494 e. The fourth-order valence-electron chi connectivity index (χ4n) is 3.90. The van der Waals surface area contributed by atoms with Crippen molar-refractivity contribution in [2.24, 2.45) is 0 Å². The molecule has 8 nitrogen and oxygen atoms in total. The Labute approximate surface area is 203 Å². The van der Waals surface area contributed by atoms with Crippen molar-refractivity contribution in [2.75, 3.05) is 32.8 Å². The Morgan fingerprint density at radius 2 is 1.94 bits per heavy atom. The number of aliphatic hydroxyl groups is 1. The summed E-state index contributed by atoms with van der Waals surface area (Å²) in [6.45, 7) is 3.85. The van der Waals surface area contributed by atoms with Crippen molar-refractivity contribution in [3.05, 3.63) is 87.4 Å². The van der Waals surface area contributed by atoms with Crippen LogP contribution in [0.25, 0.3) is 0 Å². The fraction of sp³-hybridized carbons (Fsp3) is 0.440. The summed E-state index contributed by atoms with van der Waals surface area (Å²) in [5, 5.41) is 26.7. The van der Waals surface area contributed by atoms with Gasteiger partial charge in [0.15, 0.2) is 17.5 Å². The molecule has 0 bridgehead atoms. The topological polar surface area (TPSA) is 99.9 Å². The smallest absolute Gasteiger partial charge is 0.274 e. The van der Waals surface area contributed by atoms with Gasteiger partial charge < -0.3 is 20.5 Å². The summed E-state index contributed by atoms with van der Waals surface area (Å²) in [6, 6.07) is 11.1. The monoisotopic (exact) mass is 490 g/mol. The van der Waals surface area contributed by atoms with Gasteiger partial charge in [-0.3, -0.25) is 15.0 Å². The number of nitrogens with one attached hydrogen (secondary N) is 2. The van der Waals surface area contributed by atoms with Crippen LogP contribution < -0.4 is 15.4 Å². The summed E-state index contributed by atoms with van der Waals surface area (Å²) >= 11 is 0. The molecule has 1 aliphatic rings. The third kappa shape index (κ3) is 9.14. The van der Waals surface area contributed by atoms with Gasteiger partial charge in [-0.2, -0.15) is 0 Å². The van der Waals surface area contributed by atoms with E-state index in [-0.39, 0.29) is 17.9 Å². The molecule has 3 N–H and O–H groups in total. The molecule has 0 radical (unpaired) electrons. The van der Waals surface area contributed by atoms with Gasteiger partial charge in [-0.15, -0.1) is 0 Å². The maximum Gasteiger partial charge on any atom is 0.274 e. The van der Waals surface area contributed by atoms with Gasteiger partial charge in [-0.05, 0) is 67.7 Å². The number of benzene rings is 2. The van der Waals surface area contributed by atoms with Crippen molar-refractivity contribution in [3.8, 4) is 5.75 Å². The highest BCUT2D eigenvalue weighted by Gasteiger charge is 2.13. The quantitative estimate of drug-likeness (QED) is 0.224. The zero-order chi connectivity index (χ0) is 25.0. The number of hydrogen-bond donors (Lipinski definition) is 3. The molecule has 2 aromatic rings. The van der Waals surface area contributed by atoms with Crippen LogP contribution in [0.1, 0.15) is 42.9 Å². The summed E-state index contributed by atoms with van der Waals surface area (Å²) in [7, 11) is 0. The fourth-order valence-corrected chi connectivity index (χ4v) is 3.90. The highest BCUT2D eigenvalue weighted by Crippen LogP contribution is 2.18. The molecule has 10 heteroatoms. The van der Waals surface area contributed by atoms with E-state index in [1.807, 2.05) is 18.2 Å². The third-order valence-electron chi connectivity index (χ3n) is 5.71. The van der Waals surface area contributed by atoms with Crippen LogP contribution in [0.2, 0.25) is 0 Å². The summed E-state index contributed by atoms with van der Waals surface area (Å²) < 4.78 is 32.3. The Bertz CT molecular complexity index is 999. The predicted octanol–water partition coefficient (Wildman–Crippen LogP) is 3.71. The van der Waals surface area contributed by atoms with Crippen LogP contribution in [0.3, 0.4) is 0 Å². The molecule has 0 aromatic heterocycles. The van der Waals surface area contributed by atoms with E-state index in [0.717, 1.165) is 43.7 Å². The molecule has 1 aliphatic heterocycles. The normalized spacial score (nSPS) is 15.5. The maximum atomic E-state index is 13.4. The van der Waals surface area contributed by atoms with Gasteiger partial charge in [0, 0.05) is 19.6 Å². The lowest BCUT2D eigenvalue weighted by Crippen LogP contribution is -2.31. The van der Waals surface area contributed by atoms with Crippen molar-refractivity contribution < 1.29 is 23.5 Å². The van der Waals surface area contributed by atoms with E-state index >= 15 is 0 Å². The van der Waals surface area contributed by atoms with Crippen LogP contribution >= 0.6 is 0 Å². The van der Waals surface area contributed by atoms with Crippen molar-refractivity contribution in [1.82, 2.24) is 15.5 Å². The number of piperidine rings is 1. The lowest BCUT2D eigenvalue weighted by molar-refractivity contribution is -0.404. The second kappa shape index (κ2) is 13.6. The Balaban J connectivity index is 1.41. The van der Waals surface area contributed by atoms with Gasteiger partial charge in [-0.1, -0.05) is 24.6 Å². The molecule has 3 rings (SSSR count). The average molecular weight is 491 g/mol. The van der Waals surface area contributed by atoms with Crippen LogP contribution in [-0.4, -0.2) is 47.7 Å². The molecule has 1 unspecified atom stereocenters. The minimum Gasteiger partial charge on any atom is -0.494 e. The Hall–Kier alpha value is -3.24. The van der Waals surface area contributed by atoms with Gasteiger partial charge in [0.05, 0.1) is 17.6 Å². The molecule has 0 amide bonds. The standard InChI is InChI=1S/C25H32F2N4O4/c26-22-9-8-20(15-23(22)27)24(32)16-29-25(18-31(33)34)28-10-5-13-35-21-7-4-6-19(14-21)17-30-11-2-1-3-12-30/h4,6-9,14-15,18,24,28-29,32H,1-3,5,10-13,16-17H2. The number of halogens is 2. The van der Waals surface area contributed by atoms with Gasteiger partial charge in [0.25, 0.3) is 6.20 Å². The molecule has 190 valence electrons. The molecule has 0 spiro atoms. The molecule has 1 fully saturated rings. The van der Waals surface area contributed by atoms with Crippen molar-refractivity contribution in [1.29, 1.82) is 0 Å². The number of hydrogen-bond acceptors (Lipinski definition) is 7. The first-order valence-corrected chi connectivity index (χ1v) is 11.8. The van der Waals surface area contributed by atoms with E-state index in [1.54, 1.807) is 0 Å². The van der Waals surface area contributed by atoms with E-state index in [9.17, 15) is 24.0 Å². The van der Waals surface area contributed by atoms with E-state index in [2.05, 4.69) is 21.6 Å². The molecule has 1 heterocycles. The second-order valence-electron chi connectivity index (χ2n) is 8.51. The van der Waals surface area contributed by atoms with Gasteiger partial charge >= 0.3 is 0 Å². The van der Waals surface area contributed by atoms with Gasteiger partial charge in [0.1, 0.15) is 5.75 Å². The second-order valence-corrected chi connectivity index (χ2v) is 8.51. The molecule has 1 atom stereocenters. The SMILES string of the molecule is O=[N+]([O-])C=C(NCCCOc1cccc(CN2CCCCC2)c1)NCC(O)c1ccc(F)c(F)c1. The number of aliphatic hydroxyl groups excluding tert-OH is 1. The van der Waals surface area contributed by atoms with Crippen LogP contribution in [0.15, 0.2) is 54.5 Å². The molecule has 2 aromatic carbocycles. The third-order valence-corrected chi connectivity index (χ3v) is 5.71. The van der Waals surface area contributed by atoms with Crippen LogP contribution in [0.4, 0.5) is 8.78 Å². The van der Waals surface area contributed by atoms with E-state index in [0.29, 0.717) is 19.6 Å². The van der Waals surface area contributed by atoms with Crippen LogP contribution in [0.5, 0.6) is 5.75 Å². The van der Waals surface area contributed by atoms with Gasteiger partial charge in [-0.25, -0.2) is 8.78 Å². The summed E-state index contributed by atoms with van der Waals surface area (Å²) in [5.74, 6) is -1.20. The first-order valence-electron chi connectivity index (χ1n) is 11.8. The molecule has 35 heavy (non-hydrogen) atoms. The highest BCUT2D eigenvalue weighted by atomic mass is 19.2. The van der Waals surface area contributed by atoms with Crippen molar-refractivity contribution >= 4 is 0 Å². The molecule has 0 aliphatic carbocycles. The highest BCUT2D eigenvalue weighted by molar-refractivity contribution is 5.28. The molecular weight excluding hydrogens is 458 g/mol. The number of ether oxygens (including phenoxy) is 1.